The van der Waals surface area contributed by atoms with Crippen LogP contribution < -0.4 is 9.64 Å². The Morgan fingerprint density at radius 2 is 2.25 bits per heavy atom. The molecule has 0 bridgehead atoms. The Labute approximate surface area is 71.1 Å². The van der Waals surface area contributed by atoms with Crippen LogP contribution in [0.25, 0.3) is 0 Å². The zero-order chi connectivity index (χ0) is 8.39. The highest BCUT2D eigenvalue weighted by Crippen LogP contribution is 2.22. The lowest BCUT2D eigenvalue weighted by atomic mass is 10.4. The first-order chi connectivity index (χ1) is 5.90. The highest BCUT2D eigenvalue weighted by atomic mass is 16.6. The molecule has 0 spiro atoms. The molecule has 1 aliphatic rings. The Kier molecular flexibility index (Phi) is 1.89. The summed E-state index contributed by atoms with van der Waals surface area (Å²) >= 11 is 0. The number of anilines is 1. The number of methoxy groups -OCH3 is 1. The molecule has 4 nitrogen and oxygen atoms in total. The summed E-state index contributed by atoms with van der Waals surface area (Å²) in [6, 6.07) is 1.82. The Hall–Kier alpha value is -1.19. The SMILES string of the molecule is COc1cc(N2CCCC2)no1. The predicted octanol–water partition coefficient (Wildman–Crippen LogP) is 1.28. The van der Waals surface area contributed by atoms with Crippen LogP contribution in [0, 0.1) is 0 Å². The summed E-state index contributed by atoms with van der Waals surface area (Å²) in [5.41, 5.74) is 0. The van der Waals surface area contributed by atoms with E-state index in [-0.39, 0.29) is 0 Å². The molecule has 1 aromatic rings. The molecular weight excluding hydrogens is 156 g/mol. The second kappa shape index (κ2) is 3.05. The highest BCUT2D eigenvalue weighted by Gasteiger charge is 2.16. The van der Waals surface area contributed by atoms with Gasteiger partial charge >= 0.3 is 5.95 Å². The Balaban J connectivity index is 2.11. The number of aromatic nitrogens is 1. The average molecular weight is 168 g/mol. The molecule has 0 radical (unpaired) electrons. The molecule has 0 aromatic carbocycles. The lowest BCUT2D eigenvalue weighted by Gasteiger charge is -2.11. The minimum atomic E-state index is 0.483. The zero-order valence-electron chi connectivity index (χ0n) is 7.12. The standard InChI is InChI=1S/C8H12N2O2/c1-11-8-6-7(9-12-8)10-4-2-3-5-10/h6H,2-5H2,1H3. The lowest BCUT2D eigenvalue weighted by Crippen LogP contribution is -2.17. The van der Waals surface area contributed by atoms with Gasteiger partial charge < -0.3 is 14.2 Å². The third kappa shape index (κ3) is 1.24. The lowest BCUT2D eigenvalue weighted by molar-refractivity contribution is 0.261. The van der Waals surface area contributed by atoms with E-state index < -0.39 is 0 Å². The summed E-state index contributed by atoms with van der Waals surface area (Å²) in [6.07, 6.45) is 2.49. The monoisotopic (exact) mass is 168 g/mol. The van der Waals surface area contributed by atoms with Gasteiger partial charge in [-0.15, -0.1) is 0 Å². The predicted molar refractivity (Wildman–Crippen MR) is 44.5 cm³/mol. The van der Waals surface area contributed by atoms with Gasteiger partial charge in [-0.2, -0.15) is 0 Å². The quantitative estimate of drug-likeness (QED) is 0.666. The molecule has 12 heavy (non-hydrogen) atoms. The van der Waals surface area contributed by atoms with Gasteiger partial charge in [0.05, 0.1) is 13.2 Å². The van der Waals surface area contributed by atoms with E-state index in [0.717, 1.165) is 18.9 Å². The average Bonchev–Trinajstić information content (AvgIpc) is 2.75. The van der Waals surface area contributed by atoms with Crippen molar-refractivity contribution in [2.75, 3.05) is 25.1 Å². The molecule has 0 aliphatic carbocycles. The van der Waals surface area contributed by atoms with Crippen molar-refractivity contribution in [1.82, 2.24) is 5.16 Å². The van der Waals surface area contributed by atoms with Crippen molar-refractivity contribution in [3.8, 4) is 5.95 Å². The van der Waals surface area contributed by atoms with E-state index in [4.69, 9.17) is 9.26 Å². The summed E-state index contributed by atoms with van der Waals surface area (Å²) in [5, 5.41) is 3.89. The van der Waals surface area contributed by atoms with Crippen LogP contribution in [-0.2, 0) is 0 Å². The third-order valence-corrected chi connectivity index (χ3v) is 2.11. The van der Waals surface area contributed by atoms with Gasteiger partial charge in [-0.05, 0) is 12.8 Å². The van der Waals surface area contributed by atoms with Crippen LogP contribution in [0.4, 0.5) is 5.82 Å². The maximum absolute atomic E-state index is 4.91. The van der Waals surface area contributed by atoms with E-state index in [0.29, 0.717) is 5.95 Å². The molecule has 2 heterocycles. The van der Waals surface area contributed by atoms with Gasteiger partial charge in [-0.3, -0.25) is 0 Å². The van der Waals surface area contributed by atoms with Crippen molar-refractivity contribution in [2.24, 2.45) is 0 Å². The van der Waals surface area contributed by atoms with Gasteiger partial charge in [-0.25, -0.2) is 0 Å². The molecule has 0 saturated carbocycles. The third-order valence-electron chi connectivity index (χ3n) is 2.11. The van der Waals surface area contributed by atoms with E-state index >= 15 is 0 Å². The van der Waals surface area contributed by atoms with Crippen molar-refractivity contribution >= 4 is 5.82 Å². The minimum Gasteiger partial charge on any atom is -0.467 e. The fourth-order valence-electron chi connectivity index (χ4n) is 1.44. The van der Waals surface area contributed by atoms with Crippen LogP contribution >= 0.6 is 0 Å². The van der Waals surface area contributed by atoms with E-state index in [1.165, 1.54) is 12.8 Å². The number of nitrogens with zero attached hydrogens (tertiary/aromatic N) is 2. The van der Waals surface area contributed by atoms with Gasteiger partial charge in [0.15, 0.2) is 5.82 Å². The van der Waals surface area contributed by atoms with Gasteiger partial charge in [0.2, 0.25) is 0 Å². The molecule has 1 saturated heterocycles. The van der Waals surface area contributed by atoms with Crippen LogP contribution in [0.1, 0.15) is 12.8 Å². The molecule has 0 amide bonds. The molecule has 0 unspecified atom stereocenters. The molecular formula is C8H12N2O2. The Bertz CT molecular complexity index is 253. The molecule has 2 rings (SSSR count). The fraction of sp³-hybridized carbons (Fsp3) is 0.625. The maximum atomic E-state index is 4.91. The van der Waals surface area contributed by atoms with Gasteiger partial charge in [0.25, 0.3) is 0 Å². The second-order valence-corrected chi connectivity index (χ2v) is 2.90. The Morgan fingerprint density at radius 1 is 1.50 bits per heavy atom. The van der Waals surface area contributed by atoms with Crippen LogP contribution in [0.15, 0.2) is 10.6 Å². The van der Waals surface area contributed by atoms with E-state index in [1.807, 2.05) is 6.07 Å². The summed E-state index contributed by atoms with van der Waals surface area (Å²) < 4.78 is 9.81. The zero-order valence-corrected chi connectivity index (χ0v) is 7.12. The molecule has 1 aliphatic heterocycles. The van der Waals surface area contributed by atoms with Crippen LogP contribution in [0.5, 0.6) is 5.95 Å². The van der Waals surface area contributed by atoms with E-state index in [1.54, 1.807) is 7.11 Å². The van der Waals surface area contributed by atoms with Gasteiger partial charge in [-0.1, -0.05) is 5.16 Å². The summed E-state index contributed by atoms with van der Waals surface area (Å²) in [6.45, 7) is 2.16. The first-order valence-corrected chi connectivity index (χ1v) is 4.16. The first kappa shape index (κ1) is 7.46. The van der Waals surface area contributed by atoms with E-state index in [2.05, 4.69) is 10.1 Å². The summed E-state index contributed by atoms with van der Waals surface area (Å²) in [5.74, 6) is 1.38. The minimum absolute atomic E-state index is 0.483. The molecule has 0 atom stereocenters. The smallest absolute Gasteiger partial charge is 0.313 e. The molecule has 1 fully saturated rings. The molecule has 4 heteroatoms. The molecule has 1 aromatic heterocycles. The number of hydrogen-bond donors (Lipinski definition) is 0. The first-order valence-electron chi connectivity index (χ1n) is 4.16. The summed E-state index contributed by atoms with van der Waals surface area (Å²) in [7, 11) is 1.58. The number of hydrogen-bond acceptors (Lipinski definition) is 4. The van der Waals surface area contributed by atoms with Crippen molar-refractivity contribution in [1.29, 1.82) is 0 Å². The number of rotatable bonds is 2. The largest absolute Gasteiger partial charge is 0.467 e. The van der Waals surface area contributed by atoms with Crippen molar-refractivity contribution in [2.45, 2.75) is 12.8 Å². The fourth-order valence-corrected chi connectivity index (χ4v) is 1.44. The van der Waals surface area contributed by atoms with Crippen LogP contribution in [-0.4, -0.2) is 25.4 Å². The topological polar surface area (TPSA) is 38.5 Å². The normalized spacial score (nSPS) is 16.9. The van der Waals surface area contributed by atoms with E-state index in [9.17, 15) is 0 Å². The van der Waals surface area contributed by atoms with Crippen LogP contribution in [0.2, 0.25) is 0 Å². The van der Waals surface area contributed by atoms with Gasteiger partial charge in [0, 0.05) is 13.1 Å². The molecule has 66 valence electrons. The van der Waals surface area contributed by atoms with Crippen LogP contribution in [0.3, 0.4) is 0 Å². The maximum Gasteiger partial charge on any atom is 0.313 e. The van der Waals surface area contributed by atoms with Crippen molar-refractivity contribution in [3.05, 3.63) is 6.07 Å². The number of ether oxygens (including phenoxy) is 1. The van der Waals surface area contributed by atoms with Crippen molar-refractivity contribution in [3.63, 3.8) is 0 Å². The second-order valence-electron chi connectivity index (χ2n) is 2.90. The Morgan fingerprint density at radius 3 is 2.83 bits per heavy atom. The highest BCUT2D eigenvalue weighted by molar-refractivity contribution is 5.40. The van der Waals surface area contributed by atoms with Crippen molar-refractivity contribution < 1.29 is 9.26 Å². The molecule has 0 N–H and O–H groups in total. The summed E-state index contributed by atoms with van der Waals surface area (Å²) in [4.78, 5) is 2.20. The van der Waals surface area contributed by atoms with Gasteiger partial charge in [0.1, 0.15) is 0 Å².